The fraction of sp³-hybridized carbons (Fsp3) is 0.571. The molecule has 0 aliphatic carbocycles. The molecule has 1 saturated heterocycles. The molecule has 1 aromatic heterocycles. The van der Waals surface area contributed by atoms with Gasteiger partial charge in [0.15, 0.2) is 0 Å². The van der Waals surface area contributed by atoms with Gasteiger partial charge in [-0.05, 0) is 53.9 Å². The summed E-state index contributed by atoms with van der Waals surface area (Å²) in [5.74, 6) is -0.691. The Morgan fingerprint density at radius 2 is 2.37 bits per heavy atom. The maximum absolute atomic E-state index is 11.7. The fourth-order valence-electron chi connectivity index (χ4n) is 2.91. The molecule has 0 saturated carbocycles. The van der Waals surface area contributed by atoms with Crippen molar-refractivity contribution in [3.05, 3.63) is 28.5 Å². The molecule has 5 heteroatoms. The van der Waals surface area contributed by atoms with Crippen LogP contribution in [0, 0.1) is 0 Å². The molecule has 1 aromatic rings. The minimum absolute atomic E-state index is 0.611. The maximum atomic E-state index is 11.7. The van der Waals surface area contributed by atoms with Gasteiger partial charge in [-0.3, -0.25) is 14.7 Å². The lowest BCUT2D eigenvalue weighted by Crippen LogP contribution is -2.50. The number of nitrogens with zero attached hydrogens (tertiary/aromatic N) is 2. The second-order valence-corrected chi connectivity index (χ2v) is 6.00. The first-order valence-electron chi connectivity index (χ1n) is 6.67. The predicted octanol–water partition coefficient (Wildman–Crippen LogP) is 3.06. The summed E-state index contributed by atoms with van der Waals surface area (Å²) in [6.07, 6.45) is 5.04. The van der Waals surface area contributed by atoms with E-state index in [1.54, 1.807) is 6.20 Å². The van der Waals surface area contributed by atoms with E-state index in [2.05, 4.69) is 25.8 Å². The van der Waals surface area contributed by atoms with Crippen LogP contribution < -0.4 is 0 Å². The third-order valence-corrected chi connectivity index (χ3v) is 4.30. The van der Waals surface area contributed by atoms with E-state index in [0.29, 0.717) is 13.0 Å². The molecule has 104 valence electrons. The number of carbonyl (C=O) groups is 1. The molecular formula is C14H19BrN2O2. The van der Waals surface area contributed by atoms with E-state index >= 15 is 0 Å². The van der Waals surface area contributed by atoms with Gasteiger partial charge in [-0.2, -0.15) is 0 Å². The zero-order chi connectivity index (χ0) is 13.9. The van der Waals surface area contributed by atoms with Crippen LogP contribution in [0.4, 0.5) is 0 Å². The molecular weight excluding hydrogens is 308 g/mol. The van der Waals surface area contributed by atoms with Crippen molar-refractivity contribution in [3.63, 3.8) is 0 Å². The minimum Gasteiger partial charge on any atom is -0.480 e. The Labute approximate surface area is 122 Å². The first-order chi connectivity index (χ1) is 9.08. The van der Waals surface area contributed by atoms with E-state index in [1.165, 1.54) is 0 Å². The summed E-state index contributed by atoms with van der Waals surface area (Å²) in [6.45, 7) is 3.49. The van der Waals surface area contributed by atoms with Crippen LogP contribution in [-0.2, 0) is 11.3 Å². The Bertz CT molecular complexity index is 449. The van der Waals surface area contributed by atoms with Crippen molar-refractivity contribution in [2.75, 3.05) is 6.54 Å². The van der Waals surface area contributed by atoms with Crippen molar-refractivity contribution in [2.45, 2.75) is 44.7 Å². The third kappa shape index (κ3) is 2.98. The normalized spacial score (nSPS) is 23.7. The van der Waals surface area contributed by atoms with Crippen LogP contribution in [0.1, 0.15) is 38.3 Å². The molecule has 2 rings (SSSR count). The van der Waals surface area contributed by atoms with E-state index in [1.807, 2.05) is 19.1 Å². The quantitative estimate of drug-likeness (QED) is 0.903. The third-order valence-electron chi connectivity index (χ3n) is 3.83. The maximum Gasteiger partial charge on any atom is 0.324 e. The van der Waals surface area contributed by atoms with Crippen molar-refractivity contribution < 1.29 is 9.90 Å². The van der Waals surface area contributed by atoms with E-state index in [4.69, 9.17) is 0 Å². The highest BCUT2D eigenvalue weighted by atomic mass is 79.9. The van der Waals surface area contributed by atoms with Gasteiger partial charge in [-0.15, -0.1) is 0 Å². The highest BCUT2D eigenvalue weighted by Crippen LogP contribution is 2.35. The number of aromatic nitrogens is 1. The first kappa shape index (κ1) is 14.5. The molecule has 1 aliphatic heterocycles. The molecule has 2 heterocycles. The highest BCUT2D eigenvalue weighted by molar-refractivity contribution is 9.10. The minimum atomic E-state index is -0.691. The number of hydrogen-bond acceptors (Lipinski definition) is 3. The van der Waals surface area contributed by atoms with Crippen LogP contribution in [0.25, 0.3) is 0 Å². The summed E-state index contributed by atoms with van der Waals surface area (Å²) in [7, 11) is 0. The highest BCUT2D eigenvalue weighted by Gasteiger charge is 2.46. The standard InChI is InChI=1S/C14H19BrN2O2/c1-2-6-14(13(18)19)7-3-8-17(14)10-12-5-4-11(15)9-16-12/h4-5,9H,2-3,6-8,10H2,1H3,(H,18,19). The van der Waals surface area contributed by atoms with Gasteiger partial charge in [0.05, 0.1) is 5.69 Å². The summed E-state index contributed by atoms with van der Waals surface area (Å²) in [4.78, 5) is 18.1. The number of pyridine rings is 1. The summed E-state index contributed by atoms with van der Waals surface area (Å²) in [5.41, 5.74) is 0.232. The van der Waals surface area contributed by atoms with Gasteiger partial charge in [-0.1, -0.05) is 13.3 Å². The summed E-state index contributed by atoms with van der Waals surface area (Å²) >= 11 is 3.36. The zero-order valence-corrected chi connectivity index (χ0v) is 12.7. The van der Waals surface area contributed by atoms with E-state index in [0.717, 1.165) is 36.0 Å². The number of hydrogen-bond donors (Lipinski definition) is 1. The second-order valence-electron chi connectivity index (χ2n) is 5.08. The smallest absolute Gasteiger partial charge is 0.324 e. The molecule has 1 unspecified atom stereocenters. The van der Waals surface area contributed by atoms with Gasteiger partial charge < -0.3 is 5.11 Å². The average Bonchev–Trinajstić information content (AvgIpc) is 2.77. The number of aliphatic carboxylic acids is 1. The molecule has 0 aromatic carbocycles. The SMILES string of the molecule is CCCC1(C(=O)O)CCCN1Cc1ccc(Br)cn1. The van der Waals surface area contributed by atoms with Crippen LogP contribution in [-0.4, -0.2) is 33.0 Å². The number of carboxylic acids is 1. The molecule has 4 nitrogen and oxygen atoms in total. The molecule has 19 heavy (non-hydrogen) atoms. The molecule has 1 atom stereocenters. The predicted molar refractivity (Wildman–Crippen MR) is 76.9 cm³/mol. The van der Waals surface area contributed by atoms with E-state index in [-0.39, 0.29) is 0 Å². The second kappa shape index (κ2) is 6.01. The van der Waals surface area contributed by atoms with E-state index < -0.39 is 11.5 Å². The molecule has 0 amide bonds. The van der Waals surface area contributed by atoms with Gasteiger partial charge in [0.2, 0.25) is 0 Å². The van der Waals surface area contributed by atoms with Gasteiger partial charge in [-0.25, -0.2) is 0 Å². The van der Waals surface area contributed by atoms with Crippen molar-refractivity contribution in [2.24, 2.45) is 0 Å². The molecule has 0 bridgehead atoms. The molecule has 1 aliphatic rings. The average molecular weight is 327 g/mol. The van der Waals surface area contributed by atoms with Gasteiger partial charge >= 0.3 is 5.97 Å². The van der Waals surface area contributed by atoms with Crippen molar-refractivity contribution in [1.82, 2.24) is 9.88 Å². The van der Waals surface area contributed by atoms with Crippen LogP contribution in [0.2, 0.25) is 0 Å². The Hall–Kier alpha value is -0.940. The zero-order valence-electron chi connectivity index (χ0n) is 11.1. The van der Waals surface area contributed by atoms with Gasteiger partial charge in [0.25, 0.3) is 0 Å². The lowest BCUT2D eigenvalue weighted by molar-refractivity contribution is -0.150. The van der Waals surface area contributed by atoms with Crippen molar-refractivity contribution in [3.8, 4) is 0 Å². The molecule has 1 N–H and O–H groups in total. The number of halogens is 1. The summed E-state index contributed by atoms with van der Waals surface area (Å²) in [5, 5.41) is 9.62. The Morgan fingerprint density at radius 3 is 2.95 bits per heavy atom. The summed E-state index contributed by atoms with van der Waals surface area (Å²) < 4.78 is 0.940. The molecule has 0 radical (unpaired) electrons. The Kier molecular flexibility index (Phi) is 4.58. The summed E-state index contributed by atoms with van der Waals surface area (Å²) in [6, 6.07) is 3.89. The van der Waals surface area contributed by atoms with Crippen molar-refractivity contribution >= 4 is 21.9 Å². The lowest BCUT2D eigenvalue weighted by Gasteiger charge is -2.34. The van der Waals surface area contributed by atoms with Crippen LogP contribution >= 0.6 is 15.9 Å². The van der Waals surface area contributed by atoms with Gasteiger partial charge in [0.1, 0.15) is 5.54 Å². The van der Waals surface area contributed by atoms with Crippen LogP contribution in [0.15, 0.2) is 22.8 Å². The van der Waals surface area contributed by atoms with Gasteiger partial charge in [0, 0.05) is 17.2 Å². The lowest BCUT2D eigenvalue weighted by atomic mass is 9.90. The fourth-order valence-corrected chi connectivity index (χ4v) is 3.14. The van der Waals surface area contributed by atoms with E-state index in [9.17, 15) is 9.90 Å². The first-order valence-corrected chi connectivity index (χ1v) is 7.46. The Morgan fingerprint density at radius 1 is 1.58 bits per heavy atom. The monoisotopic (exact) mass is 326 g/mol. The van der Waals surface area contributed by atoms with Crippen LogP contribution in [0.3, 0.4) is 0 Å². The molecule has 0 spiro atoms. The molecule has 1 fully saturated rings. The largest absolute Gasteiger partial charge is 0.480 e. The number of rotatable bonds is 5. The number of likely N-dealkylation sites (tertiary alicyclic amines) is 1. The topological polar surface area (TPSA) is 53.4 Å². The van der Waals surface area contributed by atoms with Crippen molar-refractivity contribution in [1.29, 1.82) is 0 Å². The van der Waals surface area contributed by atoms with Crippen LogP contribution in [0.5, 0.6) is 0 Å². The number of carboxylic acid groups (broad SMARTS) is 1. The Balaban J connectivity index is 2.17.